The first-order chi connectivity index (χ1) is 18.8. The van der Waals surface area contributed by atoms with Gasteiger partial charge in [-0.15, -0.1) is 0 Å². The SMILES string of the molecule is O=C1/C(=C/c2cn(S(=O)(=O)c3c(Cl)cccc3Cl)c3ccccc23)Oc2c1ccc(O)c2CN1CCNCC1. The van der Waals surface area contributed by atoms with Gasteiger partial charge in [0.1, 0.15) is 16.4 Å². The van der Waals surface area contributed by atoms with E-state index >= 15 is 0 Å². The predicted molar refractivity (Wildman–Crippen MR) is 150 cm³/mol. The molecular weight excluding hydrogens is 561 g/mol. The summed E-state index contributed by atoms with van der Waals surface area (Å²) in [5.74, 6) is 0.0678. The van der Waals surface area contributed by atoms with Crippen molar-refractivity contribution in [3.8, 4) is 11.5 Å². The van der Waals surface area contributed by atoms with Crippen LogP contribution >= 0.6 is 23.2 Å². The van der Waals surface area contributed by atoms with Gasteiger partial charge < -0.3 is 15.2 Å². The molecule has 1 fully saturated rings. The van der Waals surface area contributed by atoms with Gasteiger partial charge in [-0.2, -0.15) is 0 Å². The zero-order chi connectivity index (χ0) is 27.3. The van der Waals surface area contributed by atoms with E-state index in [1.807, 2.05) is 0 Å². The van der Waals surface area contributed by atoms with Crippen molar-refractivity contribution in [2.24, 2.45) is 0 Å². The molecule has 3 aromatic carbocycles. The number of ether oxygens (including phenoxy) is 1. The first-order valence-electron chi connectivity index (χ1n) is 12.3. The maximum Gasteiger partial charge on any atom is 0.271 e. The van der Waals surface area contributed by atoms with Crippen LogP contribution in [0.25, 0.3) is 17.0 Å². The van der Waals surface area contributed by atoms with Crippen molar-refractivity contribution in [2.75, 3.05) is 26.2 Å². The monoisotopic (exact) mass is 583 g/mol. The Hall–Kier alpha value is -3.34. The lowest BCUT2D eigenvalue weighted by Crippen LogP contribution is -2.42. The second-order valence-corrected chi connectivity index (χ2v) is 11.9. The van der Waals surface area contributed by atoms with Gasteiger partial charge in [-0.3, -0.25) is 9.69 Å². The van der Waals surface area contributed by atoms with Crippen LogP contribution in [0.15, 0.2) is 71.4 Å². The molecular formula is C28H23Cl2N3O5S. The summed E-state index contributed by atoms with van der Waals surface area (Å²) in [5, 5.41) is 14.5. The summed E-state index contributed by atoms with van der Waals surface area (Å²) in [5.41, 5.74) is 1.75. The van der Waals surface area contributed by atoms with E-state index in [-0.39, 0.29) is 32.2 Å². The number of fused-ring (bicyclic) bond motifs is 2. The molecule has 1 aromatic heterocycles. The third-order valence-electron chi connectivity index (χ3n) is 6.94. The number of aromatic nitrogens is 1. The topological polar surface area (TPSA) is 101 Å². The number of nitrogens with zero attached hydrogens (tertiary/aromatic N) is 2. The minimum absolute atomic E-state index is 0.00163. The number of phenolic OH excluding ortho intramolecular Hbond substituents is 1. The first kappa shape index (κ1) is 25.9. The molecule has 1 saturated heterocycles. The van der Waals surface area contributed by atoms with E-state index in [0.717, 1.165) is 30.2 Å². The summed E-state index contributed by atoms with van der Waals surface area (Å²) >= 11 is 12.5. The standard InChI is InChI=1S/C28H23Cl2N3O5S/c29-21-5-3-6-22(30)28(21)39(36,37)33-15-17(18-4-1-2-7-23(18)33)14-25-26(35)19-8-9-24(34)20(27(19)38-25)16-32-12-10-31-11-13-32/h1-9,14-15,31,34H,10-13,16H2/b25-14-. The zero-order valence-corrected chi connectivity index (χ0v) is 22.9. The number of nitrogens with one attached hydrogen (secondary N) is 1. The van der Waals surface area contributed by atoms with Gasteiger partial charge in [0.25, 0.3) is 10.0 Å². The molecule has 2 N–H and O–H groups in total. The number of Topliss-reactive ketones (excluding diaryl/α,β-unsaturated/α-hetero) is 1. The van der Waals surface area contributed by atoms with Crippen LogP contribution in [0, 0.1) is 0 Å². The Balaban J connectivity index is 1.43. The maximum atomic E-state index is 13.7. The Bertz CT molecular complexity index is 1760. The van der Waals surface area contributed by atoms with Crippen molar-refractivity contribution >= 4 is 56.0 Å². The molecule has 200 valence electrons. The Morgan fingerprint density at radius 2 is 1.72 bits per heavy atom. The highest BCUT2D eigenvalue weighted by atomic mass is 35.5. The van der Waals surface area contributed by atoms with Crippen molar-refractivity contribution in [3.05, 3.63) is 93.3 Å². The summed E-state index contributed by atoms with van der Waals surface area (Å²) < 4.78 is 34.5. The number of hydrogen-bond donors (Lipinski definition) is 2. The Labute approximate surface area is 235 Å². The van der Waals surface area contributed by atoms with Crippen molar-refractivity contribution < 1.29 is 23.1 Å². The highest BCUT2D eigenvalue weighted by Gasteiger charge is 2.33. The van der Waals surface area contributed by atoms with E-state index in [0.29, 0.717) is 39.9 Å². The molecule has 0 amide bonds. The highest BCUT2D eigenvalue weighted by molar-refractivity contribution is 7.90. The van der Waals surface area contributed by atoms with Crippen LogP contribution < -0.4 is 10.1 Å². The van der Waals surface area contributed by atoms with Crippen LogP contribution in [0.4, 0.5) is 0 Å². The number of allylic oxidation sites excluding steroid dienone is 1. The molecule has 2 aliphatic heterocycles. The number of ketones is 1. The molecule has 8 nitrogen and oxygen atoms in total. The van der Waals surface area contributed by atoms with E-state index in [4.69, 9.17) is 27.9 Å². The van der Waals surface area contributed by atoms with E-state index < -0.39 is 10.0 Å². The minimum atomic E-state index is -4.18. The third-order valence-corrected chi connectivity index (χ3v) is 9.57. The molecule has 0 atom stereocenters. The molecule has 39 heavy (non-hydrogen) atoms. The number of para-hydroxylation sites is 1. The summed E-state index contributed by atoms with van der Waals surface area (Å²) in [6.45, 7) is 3.74. The molecule has 0 radical (unpaired) electrons. The maximum absolute atomic E-state index is 13.7. The van der Waals surface area contributed by atoms with Crippen molar-refractivity contribution in [1.82, 2.24) is 14.2 Å². The van der Waals surface area contributed by atoms with E-state index in [9.17, 15) is 18.3 Å². The van der Waals surface area contributed by atoms with Gasteiger partial charge in [0.15, 0.2) is 5.76 Å². The average molecular weight is 584 g/mol. The van der Waals surface area contributed by atoms with Gasteiger partial charge in [0.2, 0.25) is 5.78 Å². The second kappa shape index (κ2) is 10.0. The summed E-state index contributed by atoms with van der Waals surface area (Å²) in [4.78, 5) is 15.3. The molecule has 0 bridgehead atoms. The number of carbonyl (C=O) groups is 1. The van der Waals surface area contributed by atoms with Gasteiger partial charge in [0, 0.05) is 49.9 Å². The van der Waals surface area contributed by atoms with Crippen LogP contribution in [0.1, 0.15) is 21.5 Å². The van der Waals surface area contributed by atoms with Crippen molar-refractivity contribution in [2.45, 2.75) is 11.4 Å². The number of piperazine rings is 1. The van der Waals surface area contributed by atoms with Crippen LogP contribution in [-0.2, 0) is 16.6 Å². The summed E-state index contributed by atoms with van der Waals surface area (Å²) in [6, 6.07) is 14.5. The average Bonchev–Trinajstić information content (AvgIpc) is 3.45. The Morgan fingerprint density at radius 3 is 2.46 bits per heavy atom. The van der Waals surface area contributed by atoms with Gasteiger partial charge in [-0.25, -0.2) is 12.4 Å². The molecule has 11 heteroatoms. The lowest BCUT2D eigenvalue weighted by Gasteiger charge is -2.27. The molecule has 0 unspecified atom stereocenters. The van der Waals surface area contributed by atoms with Gasteiger partial charge in [-0.1, -0.05) is 47.5 Å². The number of carbonyl (C=O) groups excluding carboxylic acids is 1. The first-order valence-corrected chi connectivity index (χ1v) is 14.5. The third kappa shape index (κ3) is 4.50. The van der Waals surface area contributed by atoms with E-state index in [1.54, 1.807) is 36.4 Å². The van der Waals surface area contributed by atoms with Crippen LogP contribution in [0.3, 0.4) is 0 Å². The van der Waals surface area contributed by atoms with Gasteiger partial charge >= 0.3 is 0 Å². The Morgan fingerprint density at radius 1 is 1.00 bits per heavy atom. The smallest absolute Gasteiger partial charge is 0.271 e. The van der Waals surface area contributed by atoms with E-state index in [2.05, 4.69) is 10.2 Å². The number of aromatic hydroxyl groups is 1. The zero-order valence-electron chi connectivity index (χ0n) is 20.5. The molecule has 6 rings (SSSR count). The number of hydrogen-bond acceptors (Lipinski definition) is 7. The number of phenols is 1. The normalized spacial score (nSPS) is 17.1. The summed E-state index contributed by atoms with van der Waals surface area (Å²) in [6.07, 6.45) is 2.95. The Kier molecular flexibility index (Phi) is 6.65. The van der Waals surface area contributed by atoms with Crippen LogP contribution in [-0.4, -0.2) is 54.4 Å². The largest absolute Gasteiger partial charge is 0.507 e. The lowest BCUT2D eigenvalue weighted by atomic mass is 10.0. The summed E-state index contributed by atoms with van der Waals surface area (Å²) in [7, 11) is -4.18. The van der Waals surface area contributed by atoms with Gasteiger partial charge in [0.05, 0.1) is 26.7 Å². The van der Waals surface area contributed by atoms with Crippen molar-refractivity contribution in [3.63, 3.8) is 0 Å². The highest BCUT2D eigenvalue weighted by Crippen LogP contribution is 2.41. The number of benzene rings is 3. The van der Waals surface area contributed by atoms with Gasteiger partial charge in [-0.05, 0) is 36.4 Å². The minimum Gasteiger partial charge on any atom is -0.507 e. The molecule has 0 aliphatic carbocycles. The predicted octanol–water partition coefficient (Wildman–Crippen LogP) is 4.91. The van der Waals surface area contributed by atoms with Crippen molar-refractivity contribution in [1.29, 1.82) is 0 Å². The molecule has 3 heterocycles. The quantitative estimate of drug-likeness (QED) is 0.322. The lowest BCUT2D eigenvalue weighted by molar-refractivity contribution is 0.101. The molecule has 4 aromatic rings. The molecule has 0 spiro atoms. The van der Waals surface area contributed by atoms with E-state index in [1.165, 1.54) is 30.5 Å². The number of rotatable bonds is 5. The fraction of sp³-hybridized carbons (Fsp3) is 0.179. The second-order valence-electron chi connectivity index (χ2n) is 9.36. The number of halogens is 2. The van der Waals surface area contributed by atoms with Crippen LogP contribution in [0.5, 0.6) is 11.5 Å². The molecule has 0 saturated carbocycles. The van der Waals surface area contributed by atoms with Crippen LogP contribution in [0.2, 0.25) is 10.0 Å². The fourth-order valence-corrected chi connectivity index (χ4v) is 7.48. The fourth-order valence-electron chi connectivity index (χ4n) is 5.00. The molecule has 2 aliphatic rings.